The molecular weight excluding hydrogens is 436 g/mol. The zero-order valence-electron chi connectivity index (χ0n) is 21.4. The number of rotatable bonds is 3. The van der Waals surface area contributed by atoms with E-state index in [2.05, 4.69) is 11.8 Å². The molecule has 0 bridgehead atoms. The van der Waals surface area contributed by atoms with Gasteiger partial charge in [0.2, 0.25) is 0 Å². The molecule has 188 valence electrons. The minimum absolute atomic E-state index is 0.00889. The molecule has 0 radical (unpaired) electrons. The molecule has 5 nitrogen and oxygen atoms in total. The molecule has 2 aromatic carbocycles. The SMILES string of the molecule is CCCN1CCCCCCN(C(=O)c2cccc(C)c2)[C@@H]2CCCC[C@@H]2Oc2ccccc2C1=O. The number of hydrogen-bond donors (Lipinski definition) is 0. The Morgan fingerprint density at radius 1 is 0.943 bits per heavy atom. The number of carbonyl (C=O) groups is 2. The molecule has 0 saturated heterocycles. The van der Waals surface area contributed by atoms with E-state index in [4.69, 9.17) is 4.74 Å². The van der Waals surface area contributed by atoms with Crippen LogP contribution in [0.1, 0.15) is 91.0 Å². The van der Waals surface area contributed by atoms with E-state index in [0.29, 0.717) is 11.3 Å². The Balaban J connectivity index is 1.67. The van der Waals surface area contributed by atoms with Gasteiger partial charge >= 0.3 is 0 Å². The Bertz CT molecular complexity index is 1000. The van der Waals surface area contributed by atoms with Crippen molar-refractivity contribution in [3.63, 3.8) is 0 Å². The molecule has 4 rings (SSSR count). The van der Waals surface area contributed by atoms with E-state index >= 15 is 0 Å². The number of amides is 2. The first kappa shape index (κ1) is 25.3. The van der Waals surface area contributed by atoms with Crippen LogP contribution in [-0.2, 0) is 0 Å². The summed E-state index contributed by atoms with van der Waals surface area (Å²) < 4.78 is 6.64. The van der Waals surface area contributed by atoms with Crippen molar-refractivity contribution in [2.24, 2.45) is 0 Å². The van der Waals surface area contributed by atoms with Crippen LogP contribution >= 0.6 is 0 Å². The van der Waals surface area contributed by atoms with Gasteiger partial charge in [0.1, 0.15) is 11.9 Å². The van der Waals surface area contributed by atoms with Crippen molar-refractivity contribution in [2.75, 3.05) is 19.6 Å². The molecule has 1 aliphatic carbocycles. The largest absolute Gasteiger partial charge is 0.487 e. The summed E-state index contributed by atoms with van der Waals surface area (Å²) in [6, 6.07) is 15.6. The summed E-state index contributed by atoms with van der Waals surface area (Å²) in [7, 11) is 0. The first-order valence-corrected chi connectivity index (χ1v) is 13.5. The molecule has 1 saturated carbocycles. The van der Waals surface area contributed by atoms with Crippen LogP contribution in [0.2, 0.25) is 0 Å². The fraction of sp³-hybridized carbons (Fsp3) is 0.533. The van der Waals surface area contributed by atoms with Crippen molar-refractivity contribution in [3.05, 3.63) is 65.2 Å². The summed E-state index contributed by atoms with van der Waals surface area (Å²) in [5.74, 6) is 0.801. The number of fused-ring (bicyclic) bond motifs is 2. The third kappa shape index (κ3) is 6.25. The molecular formula is C30H40N2O3. The Morgan fingerprint density at radius 3 is 2.51 bits per heavy atom. The van der Waals surface area contributed by atoms with Crippen LogP contribution in [0.3, 0.4) is 0 Å². The maximum absolute atomic E-state index is 13.8. The maximum atomic E-state index is 13.8. The highest BCUT2D eigenvalue weighted by Gasteiger charge is 2.35. The fourth-order valence-electron chi connectivity index (χ4n) is 5.54. The topological polar surface area (TPSA) is 49.9 Å². The fourth-order valence-corrected chi connectivity index (χ4v) is 5.54. The number of carbonyl (C=O) groups excluding carboxylic acids is 2. The van der Waals surface area contributed by atoms with Gasteiger partial charge in [-0.05, 0) is 69.7 Å². The number of benzene rings is 2. The summed E-state index contributed by atoms with van der Waals surface area (Å²) in [6.45, 7) is 6.42. The first-order valence-electron chi connectivity index (χ1n) is 13.5. The van der Waals surface area contributed by atoms with Crippen LogP contribution in [0.15, 0.2) is 48.5 Å². The van der Waals surface area contributed by atoms with Gasteiger partial charge in [-0.15, -0.1) is 0 Å². The lowest BCUT2D eigenvalue weighted by Crippen LogP contribution is -2.51. The Labute approximate surface area is 210 Å². The zero-order valence-corrected chi connectivity index (χ0v) is 21.4. The van der Waals surface area contributed by atoms with E-state index < -0.39 is 0 Å². The van der Waals surface area contributed by atoms with Gasteiger partial charge in [0.15, 0.2) is 0 Å². The summed E-state index contributed by atoms with van der Waals surface area (Å²) in [4.78, 5) is 31.4. The lowest BCUT2D eigenvalue weighted by molar-refractivity contribution is 0.0266. The molecule has 35 heavy (non-hydrogen) atoms. The second-order valence-corrected chi connectivity index (χ2v) is 10.1. The normalized spacial score (nSPS) is 21.9. The van der Waals surface area contributed by atoms with E-state index in [9.17, 15) is 9.59 Å². The second kappa shape index (κ2) is 12.2. The van der Waals surface area contributed by atoms with Crippen LogP contribution in [0.4, 0.5) is 0 Å². The van der Waals surface area contributed by atoms with Crippen molar-refractivity contribution in [1.29, 1.82) is 0 Å². The van der Waals surface area contributed by atoms with Gasteiger partial charge in [-0.2, -0.15) is 0 Å². The van der Waals surface area contributed by atoms with Crippen LogP contribution in [0, 0.1) is 6.92 Å². The number of nitrogens with zero attached hydrogens (tertiary/aromatic N) is 2. The van der Waals surface area contributed by atoms with Crippen molar-refractivity contribution in [3.8, 4) is 5.75 Å². The Kier molecular flexibility index (Phi) is 8.84. The Morgan fingerprint density at radius 2 is 1.71 bits per heavy atom. The van der Waals surface area contributed by atoms with Gasteiger partial charge in [-0.25, -0.2) is 0 Å². The summed E-state index contributed by atoms with van der Waals surface area (Å²) >= 11 is 0. The van der Waals surface area contributed by atoms with Crippen LogP contribution in [-0.4, -0.2) is 53.4 Å². The van der Waals surface area contributed by atoms with Crippen LogP contribution in [0.25, 0.3) is 0 Å². The van der Waals surface area contributed by atoms with Crippen molar-refractivity contribution < 1.29 is 14.3 Å². The lowest BCUT2D eigenvalue weighted by Gasteiger charge is -2.40. The van der Waals surface area contributed by atoms with Gasteiger partial charge in [0.25, 0.3) is 11.8 Å². The molecule has 1 heterocycles. The molecule has 0 N–H and O–H groups in total. The van der Waals surface area contributed by atoms with Crippen molar-refractivity contribution in [1.82, 2.24) is 9.80 Å². The molecule has 0 spiro atoms. The van der Waals surface area contributed by atoms with Crippen molar-refractivity contribution >= 4 is 11.8 Å². The minimum atomic E-state index is -0.117. The molecule has 1 fully saturated rings. The smallest absolute Gasteiger partial charge is 0.257 e. The maximum Gasteiger partial charge on any atom is 0.257 e. The predicted octanol–water partition coefficient (Wildman–Crippen LogP) is 6.25. The molecule has 2 atom stereocenters. The number of para-hydroxylation sites is 1. The highest BCUT2D eigenvalue weighted by atomic mass is 16.5. The molecule has 0 aromatic heterocycles. The molecule has 0 unspecified atom stereocenters. The van der Waals surface area contributed by atoms with Gasteiger partial charge in [-0.1, -0.05) is 56.0 Å². The zero-order chi connectivity index (χ0) is 24.6. The Hall–Kier alpha value is -2.82. The van der Waals surface area contributed by atoms with Crippen LogP contribution in [0.5, 0.6) is 5.75 Å². The highest BCUT2D eigenvalue weighted by molar-refractivity contribution is 5.97. The first-order chi connectivity index (χ1) is 17.1. The summed E-state index contributed by atoms with van der Waals surface area (Å²) in [6.07, 6.45) is 8.88. The molecule has 2 aliphatic rings. The number of aryl methyl sites for hydroxylation is 1. The third-order valence-corrected chi connectivity index (χ3v) is 7.35. The lowest BCUT2D eigenvalue weighted by atomic mass is 9.90. The van der Waals surface area contributed by atoms with Gasteiger partial charge in [-0.3, -0.25) is 9.59 Å². The molecule has 2 aromatic rings. The minimum Gasteiger partial charge on any atom is -0.487 e. The van der Waals surface area contributed by atoms with E-state index in [1.165, 1.54) is 0 Å². The second-order valence-electron chi connectivity index (χ2n) is 10.1. The average Bonchev–Trinajstić information content (AvgIpc) is 2.87. The van der Waals surface area contributed by atoms with Gasteiger partial charge in [0.05, 0.1) is 11.6 Å². The molecule has 2 amide bonds. The van der Waals surface area contributed by atoms with E-state index in [0.717, 1.165) is 88.5 Å². The van der Waals surface area contributed by atoms with E-state index in [-0.39, 0.29) is 24.0 Å². The summed E-state index contributed by atoms with van der Waals surface area (Å²) in [5, 5.41) is 0. The standard InChI is InChI=1S/C30H40N2O3/c1-3-19-31-20-10-4-5-11-21-32(29(33)24-14-12-13-23(2)22-24)26-16-7-9-18-28(26)35-27-17-8-6-15-25(27)30(31)34/h6,8,12-15,17,22,26,28H,3-5,7,9-11,16,18-21H2,1-2H3/t26-,28+/m1/s1. The monoisotopic (exact) mass is 476 g/mol. The van der Waals surface area contributed by atoms with Gasteiger partial charge < -0.3 is 14.5 Å². The summed E-state index contributed by atoms with van der Waals surface area (Å²) in [5.41, 5.74) is 2.48. The van der Waals surface area contributed by atoms with Gasteiger partial charge in [0, 0.05) is 25.2 Å². The average molecular weight is 477 g/mol. The number of hydrogen-bond acceptors (Lipinski definition) is 3. The highest BCUT2D eigenvalue weighted by Crippen LogP contribution is 2.31. The van der Waals surface area contributed by atoms with E-state index in [1.54, 1.807) is 0 Å². The number of ether oxygens (including phenoxy) is 1. The van der Waals surface area contributed by atoms with Crippen LogP contribution < -0.4 is 4.74 Å². The third-order valence-electron chi connectivity index (χ3n) is 7.35. The molecule has 5 heteroatoms. The quantitative estimate of drug-likeness (QED) is 0.526. The molecule has 1 aliphatic heterocycles. The predicted molar refractivity (Wildman–Crippen MR) is 140 cm³/mol. The van der Waals surface area contributed by atoms with E-state index in [1.807, 2.05) is 60.4 Å². The van der Waals surface area contributed by atoms with Crippen molar-refractivity contribution in [2.45, 2.75) is 83.8 Å².